The van der Waals surface area contributed by atoms with Crippen LogP contribution in [-0.2, 0) is 4.74 Å². The number of carbonyl (C=O) groups excluding carboxylic acids is 1. The van der Waals surface area contributed by atoms with E-state index >= 15 is 0 Å². The Morgan fingerprint density at radius 2 is 1.97 bits per heavy atom. The van der Waals surface area contributed by atoms with Crippen LogP contribution in [0, 0.1) is 0 Å². The fraction of sp³-hybridized carbons (Fsp3) is 0.174. The highest BCUT2D eigenvalue weighted by Crippen LogP contribution is 2.37. The predicted molar refractivity (Wildman–Crippen MR) is 125 cm³/mol. The van der Waals surface area contributed by atoms with Gasteiger partial charge in [0.25, 0.3) is 0 Å². The summed E-state index contributed by atoms with van der Waals surface area (Å²) >= 11 is 7.72. The van der Waals surface area contributed by atoms with Crippen molar-refractivity contribution in [2.45, 2.75) is 26.4 Å². The summed E-state index contributed by atoms with van der Waals surface area (Å²) in [4.78, 5) is 25.0. The highest BCUT2D eigenvalue weighted by molar-refractivity contribution is 7.13. The molecule has 0 unspecified atom stereocenters. The van der Waals surface area contributed by atoms with Gasteiger partial charge in [0.05, 0.1) is 16.7 Å². The fourth-order valence-corrected chi connectivity index (χ4v) is 4.62. The Bertz CT molecular complexity index is 1440. The number of thiazole rings is 1. The number of H-pyrrole nitrogens is 1. The Morgan fingerprint density at radius 1 is 1.16 bits per heavy atom. The van der Waals surface area contributed by atoms with Crippen molar-refractivity contribution in [1.82, 2.24) is 19.5 Å². The first-order valence-electron chi connectivity index (χ1n) is 9.73. The molecule has 1 N–H and O–H groups in total. The predicted octanol–water partition coefficient (Wildman–Crippen LogP) is 6.74. The number of nitrogens with one attached hydrogen (secondary N) is 1. The third kappa shape index (κ3) is 3.49. The number of para-hydroxylation sites is 1. The van der Waals surface area contributed by atoms with Crippen molar-refractivity contribution >= 4 is 50.8 Å². The maximum Gasteiger partial charge on any atom is 0.419 e. The van der Waals surface area contributed by atoms with Gasteiger partial charge in [0, 0.05) is 45.9 Å². The standard InChI is InChI=1S/C23H19ClN4O2S/c1-23(2,3)30-22(29)28-11-16(13-6-4-5-7-18(13)28)21-27-17(12-31-21)15-10-26-19-14(15)8-9-25-20(19)24/h4-12,26H,1-3H3. The van der Waals surface area contributed by atoms with Gasteiger partial charge in [-0.15, -0.1) is 11.3 Å². The van der Waals surface area contributed by atoms with Crippen molar-refractivity contribution in [2.24, 2.45) is 0 Å². The number of carbonyl (C=O) groups is 1. The molecular formula is C23H19ClN4O2S. The van der Waals surface area contributed by atoms with E-state index in [4.69, 9.17) is 21.3 Å². The normalized spacial score (nSPS) is 12.0. The van der Waals surface area contributed by atoms with E-state index in [1.54, 1.807) is 17.0 Å². The van der Waals surface area contributed by atoms with Gasteiger partial charge in [-0.3, -0.25) is 4.57 Å². The molecule has 0 aliphatic rings. The number of halogens is 1. The maximum absolute atomic E-state index is 12.8. The monoisotopic (exact) mass is 450 g/mol. The molecule has 0 bridgehead atoms. The smallest absolute Gasteiger partial charge is 0.419 e. The highest BCUT2D eigenvalue weighted by atomic mass is 35.5. The van der Waals surface area contributed by atoms with E-state index in [1.165, 1.54) is 11.3 Å². The largest absolute Gasteiger partial charge is 0.443 e. The maximum atomic E-state index is 12.8. The van der Waals surface area contributed by atoms with E-state index in [0.29, 0.717) is 5.15 Å². The second-order valence-electron chi connectivity index (χ2n) is 8.17. The zero-order chi connectivity index (χ0) is 21.8. The number of rotatable bonds is 2. The summed E-state index contributed by atoms with van der Waals surface area (Å²) < 4.78 is 7.14. The molecule has 0 fully saturated rings. The van der Waals surface area contributed by atoms with Crippen molar-refractivity contribution in [3.05, 3.63) is 59.5 Å². The fourth-order valence-electron chi connectivity index (χ4n) is 3.57. The van der Waals surface area contributed by atoms with Crippen molar-refractivity contribution in [1.29, 1.82) is 0 Å². The molecule has 8 heteroatoms. The first kappa shape index (κ1) is 19.8. The minimum Gasteiger partial charge on any atom is -0.443 e. The average molecular weight is 451 g/mol. The molecule has 156 valence electrons. The molecule has 0 atom stereocenters. The van der Waals surface area contributed by atoms with Crippen LogP contribution >= 0.6 is 22.9 Å². The van der Waals surface area contributed by atoms with Crippen molar-refractivity contribution in [2.75, 3.05) is 0 Å². The van der Waals surface area contributed by atoms with Gasteiger partial charge >= 0.3 is 6.09 Å². The third-order valence-electron chi connectivity index (χ3n) is 4.87. The van der Waals surface area contributed by atoms with Crippen LogP contribution in [0.1, 0.15) is 20.8 Å². The van der Waals surface area contributed by atoms with Crippen LogP contribution in [0.2, 0.25) is 5.15 Å². The highest BCUT2D eigenvalue weighted by Gasteiger charge is 2.22. The first-order chi connectivity index (χ1) is 14.8. The van der Waals surface area contributed by atoms with Gasteiger partial charge in [0.2, 0.25) is 0 Å². The summed E-state index contributed by atoms with van der Waals surface area (Å²) in [5.41, 5.74) is 3.67. The van der Waals surface area contributed by atoms with Gasteiger partial charge in [0.15, 0.2) is 5.15 Å². The molecule has 5 rings (SSSR count). The van der Waals surface area contributed by atoms with E-state index in [1.807, 2.05) is 62.7 Å². The molecule has 0 saturated heterocycles. The van der Waals surface area contributed by atoms with Gasteiger partial charge in [-0.05, 0) is 32.9 Å². The second kappa shape index (κ2) is 7.21. The zero-order valence-corrected chi connectivity index (χ0v) is 18.7. The number of aromatic amines is 1. The minimum absolute atomic E-state index is 0.412. The topological polar surface area (TPSA) is 72.8 Å². The Labute approximate surface area is 187 Å². The lowest BCUT2D eigenvalue weighted by Crippen LogP contribution is -2.26. The van der Waals surface area contributed by atoms with E-state index in [2.05, 4.69) is 9.97 Å². The number of hydrogen-bond donors (Lipinski definition) is 1. The van der Waals surface area contributed by atoms with Crippen molar-refractivity contribution in [3.63, 3.8) is 0 Å². The number of hydrogen-bond acceptors (Lipinski definition) is 5. The summed E-state index contributed by atoms with van der Waals surface area (Å²) in [6, 6.07) is 9.68. The van der Waals surface area contributed by atoms with E-state index in [9.17, 15) is 4.79 Å². The number of benzene rings is 1. The van der Waals surface area contributed by atoms with Crippen LogP contribution in [0.25, 0.3) is 43.6 Å². The lowest BCUT2D eigenvalue weighted by atomic mass is 10.1. The summed E-state index contributed by atoms with van der Waals surface area (Å²) in [7, 11) is 0. The number of ether oxygens (including phenoxy) is 1. The van der Waals surface area contributed by atoms with E-state index in [-0.39, 0.29) is 0 Å². The molecule has 4 aromatic heterocycles. The Hall–Kier alpha value is -3.16. The van der Waals surface area contributed by atoms with Gasteiger partial charge in [-0.25, -0.2) is 14.8 Å². The van der Waals surface area contributed by atoms with Gasteiger partial charge in [-0.1, -0.05) is 29.8 Å². The molecular weight excluding hydrogens is 432 g/mol. The zero-order valence-electron chi connectivity index (χ0n) is 17.1. The Kier molecular flexibility index (Phi) is 4.60. The molecule has 0 aliphatic carbocycles. The van der Waals surface area contributed by atoms with Gasteiger partial charge < -0.3 is 9.72 Å². The summed E-state index contributed by atoms with van der Waals surface area (Å²) in [6.07, 6.45) is 4.97. The molecule has 5 aromatic rings. The lowest BCUT2D eigenvalue weighted by Gasteiger charge is -2.19. The molecule has 1 aromatic carbocycles. The van der Waals surface area contributed by atoms with Gasteiger partial charge in [0.1, 0.15) is 10.6 Å². The van der Waals surface area contributed by atoms with Crippen LogP contribution in [0.4, 0.5) is 4.79 Å². The van der Waals surface area contributed by atoms with E-state index < -0.39 is 11.7 Å². The number of aromatic nitrogens is 4. The minimum atomic E-state index is -0.581. The molecule has 0 aliphatic heterocycles. The number of fused-ring (bicyclic) bond motifs is 2. The quantitative estimate of drug-likeness (QED) is 0.302. The van der Waals surface area contributed by atoms with Crippen molar-refractivity contribution < 1.29 is 9.53 Å². The average Bonchev–Trinajstić information content (AvgIpc) is 3.43. The van der Waals surface area contributed by atoms with Crippen LogP contribution in [0.15, 0.2) is 54.3 Å². The molecule has 0 radical (unpaired) electrons. The molecule has 6 nitrogen and oxygen atoms in total. The first-order valence-corrected chi connectivity index (χ1v) is 11.0. The van der Waals surface area contributed by atoms with Crippen molar-refractivity contribution in [3.8, 4) is 21.8 Å². The van der Waals surface area contributed by atoms with Crippen LogP contribution in [0.5, 0.6) is 0 Å². The molecule has 0 amide bonds. The van der Waals surface area contributed by atoms with Crippen LogP contribution in [-0.4, -0.2) is 31.2 Å². The summed E-state index contributed by atoms with van der Waals surface area (Å²) in [5.74, 6) is 0. The van der Waals surface area contributed by atoms with Crippen LogP contribution in [0.3, 0.4) is 0 Å². The number of pyridine rings is 1. The molecule has 0 saturated carbocycles. The lowest BCUT2D eigenvalue weighted by molar-refractivity contribution is 0.0544. The van der Waals surface area contributed by atoms with Crippen LogP contribution < -0.4 is 0 Å². The SMILES string of the molecule is CC(C)(C)OC(=O)n1cc(-c2nc(-c3c[nH]c4c(Cl)nccc34)cs2)c2ccccc21. The molecule has 31 heavy (non-hydrogen) atoms. The molecule has 4 heterocycles. The Balaban J connectivity index is 1.60. The van der Waals surface area contributed by atoms with E-state index in [0.717, 1.165) is 43.6 Å². The molecule has 0 spiro atoms. The van der Waals surface area contributed by atoms with Gasteiger partial charge in [-0.2, -0.15) is 0 Å². The summed E-state index contributed by atoms with van der Waals surface area (Å²) in [6.45, 7) is 5.56. The second-order valence-corrected chi connectivity index (χ2v) is 9.39. The number of nitrogens with zero attached hydrogens (tertiary/aromatic N) is 3. The Morgan fingerprint density at radius 3 is 2.77 bits per heavy atom. The third-order valence-corrected chi connectivity index (χ3v) is 6.03. The summed E-state index contributed by atoms with van der Waals surface area (Å²) in [5, 5.41) is 5.17.